The van der Waals surface area contributed by atoms with Crippen LogP contribution in [0.3, 0.4) is 0 Å². The number of amides is 1. The Bertz CT molecular complexity index is 452. The van der Waals surface area contributed by atoms with Crippen LogP contribution in [0.25, 0.3) is 0 Å². The fraction of sp³-hybridized carbons (Fsp3) is 0.500. The molecule has 0 spiro atoms. The quantitative estimate of drug-likeness (QED) is 0.882. The molecule has 0 fully saturated rings. The number of anilines is 1. The summed E-state index contributed by atoms with van der Waals surface area (Å²) >= 11 is 0. The van der Waals surface area contributed by atoms with Crippen molar-refractivity contribution in [2.24, 2.45) is 5.73 Å². The Morgan fingerprint density at radius 2 is 1.84 bits per heavy atom. The number of rotatable bonds is 5. The smallest absolute Gasteiger partial charge is 0.228 e. The maximum absolute atomic E-state index is 12.1. The van der Waals surface area contributed by atoms with Gasteiger partial charge in [0, 0.05) is 30.8 Å². The molecule has 106 valence electrons. The standard InChI is InChI=1S/C14H22N2O3/c1-14(2,15)9-13(17)16(3)10-6-7-11(18-4)12(8-10)19-5/h6-8H,9,15H2,1-5H3. The van der Waals surface area contributed by atoms with E-state index in [1.54, 1.807) is 38.3 Å². The molecule has 0 unspecified atom stereocenters. The Labute approximate surface area is 114 Å². The average Bonchev–Trinajstić information content (AvgIpc) is 2.34. The van der Waals surface area contributed by atoms with Crippen molar-refractivity contribution < 1.29 is 14.3 Å². The fourth-order valence-corrected chi connectivity index (χ4v) is 1.69. The van der Waals surface area contributed by atoms with E-state index >= 15 is 0 Å². The van der Waals surface area contributed by atoms with Crippen LogP contribution >= 0.6 is 0 Å². The predicted octanol–water partition coefficient (Wildman–Crippen LogP) is 1.79. The molecule has 0 bridgehead atoms. The molecule has 1 amide bonds. The molecule has 5 nitrogen and oxygen atoms in total. The molecule has 1 aromatic rings. The lowest BCUT2D eigenvalue weighted by Crippen LogP contribution is -2.39. The summed E-state index contributed by atoms with van der Waals surface area (Å²) in [6.07, 6.45) is 0.276. The number of nitrogens with two attached hydrogens (primary N) is 1. The van der Waals surface area contributed by atoms with Gasteiger partial charge >= 0.3 is 0 Å². The Morgan fingerprint density at radius 3 is 2.32 bits per heavy atom. The molecule has 0 aliphatic heterocycles. The van der Waals surface area contributed by atoms with Crippen LogP contribution in [0.2, 0.25) is 0 Å². The van der Waals surface area contributed by atoms with Gasteiger partial charge in [-0.3, -0.25) is 4.79 Å². The molecule has 2 N–H and O–H groups in total. The van der Waals surface area contributed by atoms with Gasteiger partial charge < -0.3 is 20.1 Å². The Balaban J connectivity index is 2.94. The summed E-state index contributed by atoms with van der Waals surface area (Å²) in [5.41, 5.74) is 6.08. The number of hydrogen-bond acceptors (Lipinski definition) is 4. The van der Waals surface area contributed by atoms with Gasteiger partial charge in [-0.15, -0.1) is 0 Å². The van der Waals surface area contributed by atoms with Crippen molar-refractivity contribution in [3.63, 3.8) is 0 Å². The zero-order valence-corrected chi connectivity index (χ0v) is 12.2. The third-order valence-corrected chi connectivity index (χ3v) is 2.74. The maximum atomic E-state index is 12.1. The van der Waals surface area contributed by atoms with Gasteiger partial charge in [-0.05, 0) is 26.0 Å². The van der Waals surface area contributed by atoms with Gasteiger partial charge in [-0.2, -0.15) is 0 Å². The number of nitrogens with zero attached hydrogens (tertiary/aromatic N) is 1. The molecule has 0 aliphatic carbocycles. The van der Waals surface area contributed by atoms with Gasteiger partial charge in [0.25, 0.3) is 0 Å². The van der Waals surface area contributed by atoms with E-state index in [-0.39, 0.29) is 12.3 Å². The van der Waals surface area contributed by atoms with Crippen LogP contribution in [0.4, 0.5) is 5.69 Å². The zero-order valence-electron chi connectivity index (χ0n) is 12.2. The first-order valence-electron chi connectivity index (χ1n) is 6.06. The van der Waals surface area contributed by atoms with Crippen LogP contribution in [-0.4, -0.2) is 32.7 Å². The van der Waals surface area contributed by atoms with E-state index in [9.17, 15) is 4.79 Å². The number of methoxy groups -OCH3 is 2. The van der Waals surface area contributed by atoms with Gasteiger partial charge in [-0.25, -0.2) is 0 Å². The summed E-state index contributed by atoms with van der Waals surface area (Å²) in [6.45, 7) is 3.65. The monoisotopic (exact) mass is 266 g/mol. The highest BCUT2D eigenvalue weighted by molar-refractivity contribution is 5.93. The minimum Gasteiger partial charge on any atom is -0.493 e. The van der Waals surface area contributed by atoms with Gasteiger partial charge in [-0.1, -0.05) is 0 Å². The van der Waals surface area contributed by atoms with E-state index in [2.05, 4.69) is 0 Å². The maximum Gasteiger partial charge on any atom is 0.228 e. The van der Waals surface area contributed by atoms with Crippen LogP contribution in [0.15, 0.2) is 18.2 Å². The molecule has 0 aromatic heterocycles. The van der Waals surface area contributed by atoms with Crippen LogP contribution in [0, 0.1) is 0 Å². The van der Waals surface area contributed by atoms with Crippen molar-refractivity contribution in [2.45, 2.75) is 25.8 Å². The number of carbonyl (C=O) groups is 1. The van der Waals surface area contributed by atoms with Crippen LogP contribution < -0.4 is 20.1 Å². The Morgan fingerprint density at radius 1 is 1.26 bits per heavy atom. The number of hydrogen-bond donors (Lipinski definition) is 1. The van der Waals surface area contributed by atoms with Crippen molar-refractivity contribution in [1.82, 2.24) is 0 Å². The van der Waals surface area contributed by atoms with E-state index in [0.29, 0.717) is 11.5 Å². The highest BCUT2D eigenvalue weighted by Gasteiger charge is 2.20. The van der Waals surface area contributed by atoms with E-state index in [0.717, 1.165) is 5.69 Å². The summed E-state index contributed by atoms with van der Waals surface area (Å²) in [5.74, 6) is 1.18. The van der Waals surface area contributed by atoms with Gasteiger partial charge in [0.1, 0.15) is 0 Å². The van der Waals surface area contributed by atoms with Crippen molar-refractivity contribution in [3.8, 4) is 11.5 Å². The molecule has 19 heavy (non-hydrogen) atoms. The van der Waals surface area contributed by atoms with E-state index < -0.39 is 5.54 Å². The van der Waals surface area contributed by atoms with E-state index in [4.69, 9.17) is 15.2 Å². The minimum atomic E-state index is -0.526. The summed E-state index contributed by atoms with van der Waals surface area (Å²) < 4.78 is 10.4. The largest absolute Gasteiger partial charge is 0.493 e. The molecular formula is C14H22N2O3. The molecule has 1 rings (SSSR count). The first-order valence-corrected chi connectivity index (χ1v) is 6.06. The third-order valence-electron chi connectivity index (χ3n) is 2.74. The number of ether oxygens (including phenoxy) is 2. The molecule has 0 saturated carbocycles. The van der Waals surface area contributed by atoms with Crippen molar-refractivity contribution in [3.05, 3.63) is 18.2 Å². The summed E-state index contributed by atoms with van der Waals surface area (Å²) in [5, 5.41) is 0. The predicted molar refractivity (Wildman–Crippen MR) is 75.8 cm³/mol. The summed E-state index contributed by atoms with van der Waals surface area (Å²) in [6, 6.07) is 5.34. The molecule has 0 saturated heterocycles. The van der Waals surface area contributed by atoms with E-state index in [1.165, 1.54) is 0 Å². The van der Waals surface area contributed by atoms with Gasteiger partial charge in [0.05, 0.1) is 14.2 Å². The summed E-state index contributed by atoms with van der Waals surface area (Å²) in [7, 11) is 4.85. The van der Waals surface area contributed by atoms with Crippen LogP contribution in [-0.2, 0) is 4.79 Å². The first kappa shape index (κ1) is 15.3. The highest BCUT2D eigenvalue weighted by atomic mass is 16.5. The van der Waals surface area contributed by atoms with Crippen molar-refractivity contribution in [2.75, 3.05) is 26.2 Å². The normalized spacial score (nSPS) is 11.1. The topological polar surface area (TPSA) is 64.8 Å². The molecule has 0 radical (unpaired) electrons. The SMILES string of the molecule is COc1ccc(N(C)C(=O)CC(C)(C)N)cc1OC. The third kappa shape index (κ3) is 4.13. The molecular weight excluding hydrogens is 244 g/mol. The zero-order chi connectivity index (χ0) is 14.6. The lowest BCUT2D eigenvalue weighted by atomic mass is 10.0. The van der Waals surface area contributed by atoms with Crippen LogP contribution in [0.1, 0.15) is 20.3 Å². The Kier molecular flexibility index (Phi) is 4.78. The average molecular weight is 266 g/mol. The molecule has 0 heterocycles. The van der Waals surface area contributed by atoms with E-state index in [1.807, 2.05) is 19.9 Å². The molecule has 0 aliphatic rings. The molecule has 5 heteroatoms. The van der Waals surface area contributed by atoms with Crippen molar-refractivity contribution in [1.29, 1.82) is 0 Å². The second-order valence-corrected chi connectivity index (χ2v) is 5.16. The Hall–Kier alpha value is -1.75. The fourth-order valence-electron chi connectivity index (χ4n) is 1.69. The molecule has 1 aromatic carbocycles. The second kappa shape index (κ2) is 5.93. The highest BCUT2D eigenvalue weighted by Crippen LogP contribution is 2.31. The summed E-state index contributed by atoms with van der Waals surface area (Å²) in [4.78, 5) is 13.7. The van der Waals surface area contributed by atoms with Gasteiger partial charge in [0.15, 0.2) is 11.5 Å². The van der Waals surface area contributed by atoms with Crippen LogP contribution in [0.5, 0.6) is 11.5 Å². The number of benzene rings is 1. The molecule has 0 atom stereocenters. The lowest BCUT2D eigenvalue weighted by Gasteiger charge is -2.24. The lowest BCUT2D eigenvalue weighted by molar-refractivity contribution is -0.119. The number of carbonyl (C=O) groups excluding carboxylic acids is 1. The minimum absolute atomic E-state index is 0.0419. The second-order valence-electron chi connectivity index (χ2n) is 5.16. The van der Waals surface area contributed by atoms with Crippen molar-refractivity contribution >= 4 is 11.6 Å². The first-order chi connectivity index (χ1) is 8.78. The van der Waals surface area contributed by atoms with Gasteiger partial charge in [0.2, 0.25) is 5.91 Å².